The average molecular weight is 359 g/mol. The van der Waals surface area contributed by atoms with Crippen LogP contribution in [0, 0.1) is 11.8 Å². The lowest BCUT2D eigenvalue weighted by molar-refractivity contribution is -0.143. The molecule has 0 aliphatic heterocycles. The number of carboxylic acid groups (broad SMARTS) is 2. The van der Waals surface area contributed by atoms with E-state index in [1.807, 2.05) is 20.8 Å². The monoisotopic (exact) mass is 359 g/mol. The van der Waals surface area contributed by atoms with Crippen LogP contribution in [0.15, 0.2) is 0 Å². The third-order valence-corrected chi connectivity index (χ3v) is 3.85. The molecule has 0 aliphatic rings. The Bertz CT molecular complexity index is 494. The number of carboxylic acids is 2. The van der Waals surface area contributed by atoms with Crippen molar-refractivity contribution in [1.29, 1.82) is 0 Å². The van der Waals surface area contributed by atoms with Gasteiger partial charge >= 0.3 is 11.9 Å². The SMILES string of the molecule is CCC(C)C(NC(=O)C(N)CC(=O)O)C(=O)NC(CC(C)C)C(=O)O. The van der Waals surface area contributed by atoms with Crippen molar-refractivity contribution in [1.82, 2.24) is 10.6 Å². The Balaban J connectivity index is 5.12. The van der Waals surface area contributed by atoms with Gasteiger partial charge in [0.15, 0.2) is 0 Å². The van der Waals surface area contributed by atoms with E-state index in [4.69, 9.17) is 10.8 Å². The fourth-order valence-corrected chi connectivity index (χ4v) is 2.20. The Morgan fingerprint density at radius 1 is 1.00 bits per heavy atom. The fraction of sp³-hybridized carbons (Fsp3) is 0.750. The number of carbonyl (C=O) groups is 4. The van der Waals surface area contributed by atoms with Gasteiger partial charge in [0, 0.05) is 0 Å². The first-order valence-electron chi connectivity index (χ1n) is 8.30. The van der Waals surface area contributed by atoms with Gasteiger partial charge in [-0.05, 0) is 18.3 Å². The highest BCUT2D eigenvalue weighted by Crippen LogP contribution is 2.11. The Morgan fingerprint density at radius 2 is 1.56 bits per heavy atom. The smallest absolute Gasteiger partial charge is 0.326 e. The Hall–Kier alpha value is -2.16. The predicted octanol–water partition coefficient (Wildman–Crippen LogP) is -0.0652. The summed E-state index contributed by atoms with van der Waals surface area (Å²) in [6.45, 7) is 7.21. The highest BCUT2D eigenvalue weighted by atomic mass is 16.4. The third kappa shape index (κ3) is 8.48. The van der Waals surface area contributed by atoms with Gasteiger partial charge in [-0.2, -0.15) is 0 Å². The molecule has 4 unspecified atom stereocenters. The summed E-state index contributed by atoms with van der Waals surface area (Å²) in [6.07, 6.45) is 0.237. The predicted molar refractivity (Wildman–Crippen MR) is 90.6 cm³/mol. The lowest BCUT2D eigenvalue weighted by atomic mass is 9.96. The van der Waals surface area contributed by atoms with Crippen molar-refractivity contribution in [2.24, 2.45) is 17.6 Å². The van der Waals surface area contributed by atoms with E-state index in [1.165, 1.54) is 0 Å². The number of hydrogen-bond acceptors (Lipinski definition) is 5. The molecule has 0 fully saturated rings. The first kappa shape index (κ1) is 22.8. The first-order valence-corrected chi connectivity index (χ1v) is 8.30. The maximum absolute atomic E-state index is 12.5. The molecule has 0 bridgehead atoms. The highest BCUT2D eigenvalue weighted by Gasteiger charge is 2.31. The second-order valence-corrected chi connectivity index (χ2v) is 6.61. The van der Waals surface area contributed by atoms with Crippen LogP contribution in [-0.4, -0.2) is 52.1 Å². The summed E-state index contributed by atoms with van der Waals surface area (Å²) in [7, 11) is 0. The zero-order valence-corrected chi connectivity index (χ0v) is 15.1. The van der Waals surface area contributed by atoms with Crippen molar-refractivity contribution in [3.8, 4) is 0 Å². The summed E-state index contributed by atoms with van der Waals surface area (Å²) in [5.74, 6) is -4.00. The summed E-state index contributed by atoms with van der Waals surface area (Å²) in [4.78, 5) is 46.4. The zero-order chi connectivity index (χ0) is 19.7. The van der Waals surface area contributed by atoms with E-state index >= 15 is 0 Å². The number of rotatable bonds is 11. The molecular weight excluding hydrogens is 330 g/mol. The van der Waals surface area contributed by atoms with Crippen LogP contribution in [-0.2, 0) is 19.2 Å². The van der Waals surface area contributed by atoms with E-state index in [1.54, 1.807) is 6.92 Å². The molecule has 4 atom stereocenters. The summed E-state index contributed by atoms with van der Waals surface area (Å²) >= 11 is 0. The maximum Gasteiger partial charge on any atom is 0.326 e. The average Bonchev–Trinajstić information content (AvgIpc) is 2.49. The Kier molecular flexibility index (Phi) is 9.73. The van der Waals surface area contributed by atoms with Crippen LogP contribution in [0.4, 0.5) is 0 Å². The van der Waals surface area contributed by atoms with Gasteiger partial charge in [0.2, 0.25) is 11.8 Å². The van der Waals surface area contributed by atoms with Crippen LogP contribution in [0.3, 0.4) is 0 Å². The second-order valence-electron chi connectivity index (χ2n) is 6.61. The minimum atomic E-state index is -1.29. The minimum absolute atomic E-state index is 0.0574. The fourth-order valence-electron chi connectivity index (χ4n) is 2.20. The molecule has 2 amide bonds. The largest absolute Gasteiger partial charge is 0.481 e. The number of carbonyl (C=O) groups excluding carboxylic acids is 2. The summed E-state index contributed by atoms with van der Waals surface area (Å²) in [5, 5.41) is 22.8. The number of aliphatic carboxylic acids is 2. The maximum atomic E-state index is 12.5. The molecule has 0 spiro atoms. The van der Waals surface area contributed by atoms with E-state index in [-0.39, 0.29) is 18.3 Å². The Morgan fingerprint density at radius 3 is 1.96 bits per heavy atom. The molecule has 144 valence electrons. The minimum Gasteiger partial charge on any atom is -0.481 e. The van der Waals surface area contributed by atoms with Crippen molar-refractivity contribution < 1.29 is 29.4 Å². The van der Waals surface area contributed by atoms with Crippen LogP contribution in [0.25, 0.3) is 0 Å². The molecule has 25 heavy (non-hydrogen) atoms. The molecule has 0 rings (SSSR count). The summed E-state index contributed by atoms with van der Waals surface area (Å²) in [6, 6.07) is -3.35. The standard InChI is InChI=1S/C16H29N3O6/c1-5-9(4)13(19-14(22)10(17)7-12(20)21)15(23)18-11(16(24)25)6-8(2)3/h8-11,13H,5-7,17H2,1-4H3,(H,18,23)(H,19,22)(H,20,21)(H,24,25). The summed E-state index contributed by atoms with van der Waals surface area (Å²) in [5.41, 5.74) is 5.50. The molecule has 0 saturated carbocycles. The molecule has 0 aliphatic carbocycles. The van der Waals surface area contributed by atoms with E-state index in [9.17, 15) is 24.3 Å². The van der Waals surface area contributed by atoms with Gasteiger partial charge in [-0.25, -0.2) is 4.79 Å². The van der Waals surface area contributed by atoms with Crippen molar-refractivity contribution >= 4 is 23.8 Å². The lowest BCUT2D eigenvalue weighted by Gasteiger charge is -2.26. The van der Waals surface area contributed by atoms with E-state index in [0.29, 0.717) is 6.42 Å². The normalized spacial score (nSPS) is 15.8. The van der Waals surface area contributed by atoms with Gasteiger partial charge in [0.05, 0.1) is 12.5 Å². The number of nitrogens with one attached hydrogen (secondary N) is 2. The molecule has 9 nitrogen and oxygen atoms in total. The quantitative estimate of drug-likeness (QED) is 0.345. The van der Waals surface area contributed by atoms with Gasteiger partial charge in [0.1, 0.15) is 12.1 Å². The van der Waals surface area contributed by atoms with Crippen LogP contribution >= 0.6 is 0 Å². The van der Waals surface area contributed by atoms with Gasteiger partial charge in [-0.3, -0.25) is 14.4 Å². The molecular formula is C16H29N3O6. The van der Waals surface area contributed by atoms with E-state index < -0.39 is 48.3 Å². The number of amides is 2. The van der Waals surface area contributed by atoms with Crippen molar-refractivity contribution in [2.75, 3.05) is 0 Å². The molecule has 0 radical (unpaired) electrons. The molecule has 0 heterocycles. The first-order chi connectivity index (χ1) is 11.5. The summed E-state index contributed by atoms with van der Waals surface area (Å²) < 4.78 is 0. The third-order valence-electron chi connectivity index (χ3n) is 3.85. The molecule has 0 saturated heterocycles. The van der Waals surface area contributed by atoms with E-state index in [2.05, 4.69) is 10.6 Å². The van der Waals surface area contributed by atoms with Gasteiger partial charge in [-0.1, -0.05) is 34.1 Å². The van der Waals surface area contributed by atoms with Crippen LogP contribution in [0.2, 0.25) is 0 Å². The van der Waals surface area contributed by atoms with Gasteiger partial charge < -0.3 is 26.6 Å². The molecule has 0 aromatic heterocycles. The van der Waals surface area contributed by atoms with Crippen LogP contribution in [0.5, 0.6) is 0 Å². The molecule has 0 aromatic carbocycles. The Labute approximate surface area is 147 Å². The lowest BCUT2D eigenvalue weighted by Crippen LogP contribution is -2.57. The van der Waals surface area contributed by atoms with E-state index in [0.717, 1.165) is 0 Å². The van der Waals surface area contributed by atoms with Crippen molar-refractivity contribution in [2.45, 2.75) is 65.1 Å². The van der Waals surface area contributed by atoms with Gasteiger partial charge in [0.25, 0.3) is 0 Å². The van der Waals surface area contributed by atoms with Crippen molar-refractivity contribution in [3.05, 3.63) is 0 Å². The highest BCUT2D eigenvalue weighted by molar-refractivity contribution is 5.93. The topological polar surface area (TPSA) is 159 Å². The van der Waals surface area contributed by atoms with Crippen molar-refractivity contribution in [3.63, 3.8) is 0 Å². The number of nitrogens with two attached hydrogens (primary N) is 1. The molecule has 9 heteroatoms. The van der Waals surface area contributed by atoms with Crippen LogP contribution in [0.1, 0.15) is 47.0 Å². The van der Waals surface area contributed by atoms with Crippen LogP contribution < -0.4 is 16.4 Å². The second kappa shape index (κ2) is 10.7. The number of hydrogen-bond donors (Lipinski definition) is 5. The molecule has 0 aromatic rings. The van der Waals surface area contributed by atoms with Gasteiger partial charge in [-0.15, -0.1) is 0 Å². The zero-order valence-electron chi connectivity index (χ0n) is 15.1. The molecule has 6 N–H and O–H groups in total.